The molecule has 2 amide bonds. The van der Waals surface area contributed by atoms with E-state index in [1.54, 1.807) is 44.2 Å². The zero-order valence-electron chi connectivity index (χ0n) is 22.7. The van der Waals surface area contributed by atoms with E-state index in [1.165, 1.54) is 33.0 Å². The normalized spacial score (nSPS) is 13.8. The molecule has 0 radical (unpaired) electrons. The molecule has 12 nitrogen and oxygen atoms in total. The molecule has 0 bridgehead atoms. The number of rotatable bonds is 12. The number of carbonyl (C=O) groups excluding carboxylic acids is 3. The van der Waals surface area contributed by atoms with Crippen LogP contribution in [-0.4, -0.2) is 79.7 Å². The van der Waals surface area contributed by atoms with Gasteiger partial charge in [-0.1, -0.05) is 44.2 Å². The van der Waals surface area contributed by atoms with E-state index in [-0.39, 0.29) is 17.0 Å². The fourth-order valence-corrected chi connectivity index (χ4v) is 5.51. The minimum Gasteiger partial charge on any atom is -0.467 e. The van der Waals surface area contributed by atoms with E-state index in [0.717, 1.165) is 34.1 Å². The summed E-state index contributed by atoms with van der Waals surface area (Å²) in [4.78, 5) is 50.3. The molecule has 0 aromatic heterocycles. The number of non-ortho nitro benzene ring substituents is 1. The highest BCUT2D eigenvalue weighted by atomic mass is 32.2. The third kappa shape index (κ3) is 7.60. The van der Waals surface area contributed by atoms with Crippen LogP contribution in [0.4, 0.5) is 5.69 Å². The number of benzene rings is 2. The number of nitro benzene ring substituents is 1. The van der Waals surface area contributed by atoms with Gasteiger partial charge >= 0.3 is 5.97 Å². The summed E-state index contributed by atoms with van der Waals surface area (Å²) >= 11 is 0. The molecule has 39 heavy (non-hydrogen) atoms. The van der Waals surface area contributed by atoms with Gasteiger partial charge in [0.1, 0.15) is 18.1 Å². The summed E-state index contributed by atoms with van der Waals surface area (Å²) in [6.45, 7) is 4.79. The molecule has 0 aliphatic carbocycles. The van der Waals surface area contributed by atoms with Gasteiger partial charge in [0, 0.05) is 32.6 Å². The van der Waals surface area contributed by atoms with Crippen molar-refractivity contribution < 1.29 is 32.5 Å². The van der Waals surface area contributed by atoms with Gasteiger partial charge in [0.15, 0.2) is 0 Å². The number of hydrogen-bond donors (Lipinski definition) is 1. The molecule has 212 valence electrons. The van der Waals surface area contributed by atoms with E-state index in [9.17, 15) is 32.9 Å². The zero-order valence-corrected chi connectivity index (χ0v) is 23.5. The Labute approximate surface area is 228 Å². The van der Waals surface area contributed by atoms with Crippen molar-refractivity contribution in [1.29, 1.82) is 0 Å². The molecule has 0 saturated heterocycles. The van der Waals surface area contributed by atoms with Crippen LogP contribution in [0.2, 0.25) is 0 Å². The van der Waals surface area contributed by atoms with Crippen molar-refractivity contribution in [2.24, 2.45) is 5.92 Å². The molecular weight excluding hydrogens is 528 g/mol. The Morgan fingerprint density at radius 2 is 1.56 bits per heavy atom. The van der Waals surface area contributed by atoms with Crippen LogP contribution in [0, 0.1) is 16.0 Å². The van der Waals surface area contributed by atoms with Crippen LogP contribution in [0.3, 0.4) is 0 Å². The summed E-state index contributed by atoms with van der Waals surface area (Å²) in [5, 5.41) is 13.5. The van der Waals surface area contributed by atoms with E-state index in [1.807, 2.05) is 0 Å². The maximum absolute atomic E-state index is 13.8. The monoisotopic (exact) mass is 562 g/mol. The van der Waals surface area contributed by atoms with Crippen LogP contribution in [-0.2, 0) is 35.6 Å². The lowest BCUT2D eigenvalue weighted by Gasteiger charge is -2.36. The van der Waals surface area contributed by atoms with Crippen LogP contribution in [0.1, 0.15) is 26.3 Å². The molecule has 0 saturated carbocycles. The minimum atomic E-state index is -4.24. The van der Waals surface area contributed by atoms with Crippen LogP contribution in [0.15, 0.2) is 59.5 Å². The SMILES string of the molecule is COC(=O)[C@H](C)NC(=O)[C@@H](Cc1ccccc1)N(C)C(=O)[C@H](C(C)C)N(C)S(=O)(=O)c1ccc([N+](=O)[O-])cc1. The van der Waals surface area contributed by atoms with Crippen LogP contribution in [0.5, 0.6) is 0 Å². The lowest BCUT2D eigenvalue weighted by Crippen LogP contribution is -2.58. The van der Waals surface area contributed by atoms with Crippen LogP contribution in [0.25, 0.3) is 0 Å². The summed E-state index contributed by atoms with van der Waals surface area (Å²) in [6.07, 6.45) is 0.104. The van der Waals surface area contributed by atoms with Gasteiger partial charge in [-0.2, -0.15) is 4.31 Å². The number of ether oxygens (including phenoxy) is 1. The maximum Gasteiger partial charge on any atom is 0.328 e. The molecule has 0 spiro atoms. The molecule has 2 aromatic carbocycles. The summed E-state index contributed by atoms with van der Waals surface area (Å²) in [6, 6.07) is 10.0. The standard InChI is InChI=1S/C26H34N4O8S/c1-17(2)23(29(5)39(36,37)21-14-12-20(13-15-21)30(34)35)25(32)28(4)22(16-19-10-8-7-9-11-19)24(31)27-18(3)26(33)38-6/h7-15,17-18,22-23H,16H2,1-6H3,(H,27,31)/t18-,22+,23-/m0/s1. The summed E-state index contributed by atoms with van der Waals surface area (Å²) in [5.74, 6) is -2.42. The lowest BCUT2D eigenvalue weighted by molar-refractivity contribution is -0.384. The molecule has 2 rings (SSSR count). The molecule has 1 N–H and O–H groups in total. The second kappa shape index (κ2) is 13.3. The van der Waals surface area contributed by atoms with Crippen molar-refractivity contribution in [3.63, 3.8) is 0 Å². The van der Waals surface area contributed by atoms with Crippen molar-refractivity contribution in [2.45, 2.75) is 50.2 Å². The second-order valence-corrected chi connectivity index (χ2v) is 11.4. The summed E-state index contributed by atoms with van der Waals surface area (Å²) in [7, 11) is -0.399. The first-order chi connectivity index (χ1) is 18.2. The first-order valence-corrected chi connectivity index (χ1v) is 13.6. The largest absolute Gasteiger partial charge is 0.467 e. The van der Waals surface area contributed by atoms with Gasteiger partial charge in [-0.3, -0.25) is 19.7 Å². The number of nitrogens with one attached hydrogen (secondary N) is 1. The number of nitro groups is 1. The number of hydrogen-bond acceptors (Lipinski definition) is 8. The van der Waals surface area contributed by atoms with Crippen molar-refractivity contribution in [1.82, 2.24) is 14.5 Å². The summed E-state index contributed by atoms with van der Waals surface area (Å²) in [5.41, 5.74) is 0.472. The van der Waals surface area contributed by atoms with Gasteiger partial charge in [0.2, 0.25) is 21.8 Å². The summed E-state index contributed by atoms with van der Waals surface area (Å²) < 4.78 is 32.4. The molecule has 0 unspecified atom stereocenters. The number of methoxy groups -OCH3 is 1. The maximum atomic E-state index is 13.8. The van der Waals surface area contributed by atoms with E-state index >= 15 is 0 Å². The van der Waals surface area contributed by atoms with Gasteiger partial charge in [0.05, 0.1) is 16.9 Å². The highest BCUT2D eigenvalue weighted by Gasteiger charge is 2.40. The zero-order chi connectivity index (χ0) is 29.5. The minimum absolute atomic E-state index is 0.104. The van der Waals surface area contributed by atoms with Gasteiger partial charge in [0.25, 0.3) is 5.69 Å². The molecule has 13 heteroatoms. The molecule has 0 heterocycles. The molecule has 0 fully saturated rings. The molecule has 3 atom stereocenters. The van der Waals surface area contributed by atoms with E-state index in [2.05, 4.69) is 10.1 Å². The Kier molecular flexibility index (Phi) is 10.7. The lowest BCUT2D eigenvalue weighted by atomic mass is 9.99. The van der Waals surface area contributed by atoms with Crippen molar-refractivity contribution in [3.05, 3.63) is 70.3 Å². The Hall–Kier alpha value is -3.84. The number of sulfonamides is 1. The smallest absolute Gasteiger partial charge is 0.328 e. The first kappa shape index (κ1) is 31.4. The third-order valence-electron chi connectivity index (χ3n) is 6.30. The molecule has 2 aromatic rings. The predicted octanol–water partition coefficient (Wildman–Crippen LogP) is 1.99. The Bertz CT molecular complexity index is 1280. The average molecular weight is 563 g/mol. The predicted molar refractivity (Wildman–Crippen MR) is 143 cm³/mol. The van der Waals surface area contributed by atoms with Gasteiger partial charge in [-0.05, 0) is 30.5 Å². The number of nitrogens with zero attached hydrogens (tertiary/aromatic N) is 3. The van der Waals surface area contributed by atoms with Gasteiger partial charge in [-0.25, -0.2) is 13.2 Å². The number of esters is 1. The Morgan fingerprint density at radius 1 is 1.00 bits per heavy atom. The quantitative estimate of drug-likeness (QED) is 0.234. The van der Waals surface area contributed by atoms with Crippen LogP contribution < -0.4 is 5.32 Å². The third-order valence-corrected chi connectivity index (χ3v) is 8.16. The van der Waals surface area contributed by atoms with Crippen molar-refractivity contribution in [3.8, 4) is 0 Å². The first-order valence-electron chi connectivity index (χ1n) is 12.1. The number of amides is 2. The van der Waals surface area contributed by atoms with E-state index < -0.39 is 56.8 Å². The van der Waals surface area contributed by atoms with Crippen LogP contribution >= 0.6 is 0 Å². The fourth-order valence-electron chi connectivity index (χ4n) is 4.07. The van der Waals surface area contributed by atoms with Crippen molar-refractivity contribution in [2.75, 3.05) is 21.2 Å². The van der Waals surface area contributed by atoms with E-state index in [4.69, 9.17) is 0 Å². The highest BCUT2D eigenvalue weighted by molar-refractivity contribution is 7.89. The molecule has 0 aliphatic rings. The van der Waals surface area contributed by atoms with Gasteiger partial charge in [-0.15, -0.1) is 0 Å². The second-order valence-electron chi connectivity index (χ2n) is 9.37. The number of likely N-dealkylation sites (N-methyl/N-ethyl adjacent to an activating group) is 2. The Morgan fingerprint density at radius 3 is 2.05 bits per heavy atom. The fraction of sp³-hybridized carbons (Fsp3) is 0.423. The van der Waals surface area contributed by atoms with Gasteiger partial charge < -0.3 is 15.0 Å². The topological polar surface area (TPSA) is 156 Å². The Balaban J connectivity index is 2.42. The van der Waals surface area contributed by atoms with E-state index in [0.29, 0.717) is 0 Å². The number of carbonyl (C=O) groups is 3. The highest BCUT2D eigenvalue weighted by Crippen LogP contribution is 2.24. The molecular formula is C26H34N4O8S. The molecule has 0 aliphatic heterocycles. The average Bonchev–Trinajstić information content (AvgIpc) is 2.90. The van der Waals surface area contributed by atoms with Crippen molar-refractivity contribution >= 4 is 33.5 Å².